The Morgan fingerprint density at radius 2 is 2.04 bits per heavy atom. The largest absolute Gasteiger partial charge is 0.368 e. The summed E-state index contributed by atoms with van der Waals surface area (Å²) in [6, 6.07) is 15.3. The van der Waals surface area contributed by atoms with Gasteiger partial charge in [0.2, 0.25) is 0 Å². The van der Waals surface area contributed by atoms with Gasteiger partial charge in [0.05, 0.1) is 11.6 Å². The third-order valence-electron chi connectivity index (χ3n) is 3.81. The molecule has 0 unspecified atom stereocenters. The van der Waals surface area contributed by atoms with Gasteiger partial charge in [0.15, 0.2) is 0 Å². The molecule has 2 N–H and O–H groups in total. The van der Waals surface area contributed by atoms with Gasteiger partial charge in [-0.25, -0.2) is 0 Å². The van der Waals surface area contributed by atoms with Crippen molar-refractivity contribution >= 4 is 50.5 Å². The maximum Gasteiger partial charge on any atom is 0.267 e. The highest BCUT2D eigenvalue weighted by Crippen LogP contribution is 2.36. The third kappa shape index (κ3) is 2.77. The van der Waals surface area contributed by atoms with E-state index in [0.717, 1.165) is 40.3 Å². The molecular formula is C18H14ClN3OS. The standard InChI is InChI=1S/C18H14ClN3OS/c19-15-13-7-6-11(17-20-8-9-21-17)10-14(13)24-16(15)18(23)22-12-4-2-1-3-5-12/h1-7,10H,8-9H2,(H,20,21)(H,22,23). The minimum absolute atomic E-state index is 0.190. The summed E-state index contributed by atoms with van der Waals surface area (Å²) >= 11 is 7.83. The van der Waals surface area contributed by atoms with Crippen LogP contribution in [0.25, 0.3) is 10.1 Å². The second-order valence-corrected chi connectivity index (χ2v) is 6.86. The smallest absolute Gasteiger partial charge is 0.267 e. The molecule has 0 aliphatic carbocycles. The number of hydrogen-bond acceptors (Lipinski definition) is 4. The second-order valence-electron chi connectivity index (χ2n) is 5.43. The van der Waals surface area contributed by atoms with Crippen molar-refractivity contribution in [3.63, 3.8) is 0 Å². The van der Waals surface area contributed by atoms with Crippen molar-refractivity contribution in [2.45, 2.75) is 0 Å². The van der Waals surface area contributed by atoms with Crippen LogP contribution in [0.3, 0.4) is 0 Å². The molecule has 24 heavy (non-hydrogen) atoms. The van der Waals surface area contributed by atoms with Crippen molar-refractivity contribution in [2.24, 2.45) is 4.99 Å². The zero-order valence-electron chi connectivity index (χ0n) is 12.7. The number of benzene rings is 2. The van der Waals surface area contributed by atoms with Crippen LogP contribution in [0.2, 0.25) is 5.02 Å². The van der Waals surface area contributed by atoms with Crippen LogP contribution in [0.5, 0.6) is 0 Å². The number of amidine groups is 1. The van der Waals surface area contributed by atoms with Gasteiger partial charge >= 0.3 is 0 Å². The fourth-order valence-corrected chi connectivity index (χ4v) is 4.11. The number of nitrogens with one attached hydrogen (secondary N) is 2. The SMILES string of the molecule is O=C(Nc1ccccc1)c1sc2cc(C3=NCCN3)ccc2c1Cl. The maximum atomic E-state index is 12.5. The first-order valence-corrected chi connectivity index (χ1v) is 8.79. The molecule has 0 atom stereocenters. The Kier molecular flexibility index (Phi) is 3.96. The Hall–Kier alpha value is -2.37. The van der Waals surface area contributed by atoms with E-state index in [2.05, 4.69) is 15.6 Å². The quantitative estimate of drug-likeness (QED) is 0.741. The zero-order chi connectivity index (χ0) is 16.5. The zero-order valence-corrected chi connectivity index (χ0v) is 14.2. The van der Waals surface area contributed by atoms with E-state index in [4.69, 9.17) is 11.6 Å². The highest BCUT2D eigenvalue weighted by atomic mass is 35.5. The summed E-state index contributed by atoms with van der Waals surface area (Å²) in [5, 5.41) is 7.52. The van der Waals surface area contributed by atoms with Crippen LogP contribution in [-0.4, -0.2) is 24.8 Å². The summed E-state index contributed by atoms with van der Waals surface area (Å²) in [6.45, 7) is 1.66. The Labute approximate surface area is 148 Å². The normalized spacial score (nSPS) is 13.6. The Bertz CT molecular complexity index is 950. The van der Waals surface area contributed by atoms with E-state index in [1.54, 1.807) is 0 Å². The van der Waals surface area contributed by atoms with Gasteiger partial charge in [-0.1, -0.05) is 41.9 Å². The summed E-state index contributed by atoms with van der Waals surface area (Å²) in [4.78, 5) is 17.5. The molecule has 3 aromatic rings. The molecule has 120 valence electrons. The molecule has 6 heteroatoms. The highest BCUT2D eigenvalue weighted by Gasteiger charge is 2.18. The van der Waals surface area contributed by atoms with E-state index in [1.165, 1.54) is 11.3 Å². The number of amides is 1. The van der Waals surface area contributed by atoms with Crippen molar-refractivity contribution in [2.75, 3.05) is 18.4 Å². The average molecular weight is 356 g/mol. The van der Waals surface area contributed by atoms with E-state index < -0.39 is 0 Å². The molecule has 1 aromatic heterocycles. The molecule has 1 aliphatic heterocycles. The number of aliphatic imine (C=N–C) groups is 1. The molecule has 1 aliphatic rings. The van der Waals surface area contributed by atoms with Crippen LogP contribution in [-0.2, 0) is 0 Å². The van der Waals surface area contributed by atoms with Crippen molar-refractivity contribution in [1.29, 1.82) is 0 Å². The Balaban J connectivity index is 1.68. The molecule has 4 rings (SSSR count). The lowest BCUT2D eigenvalue weighted by Crippen LogP contribution is -2.19. The summed E-state index contributed by atoms with van der Waals surface area (Å²) in [6.07, 6.45) is 0. The molecule has 2 heterocycles. The van der Waals surface area contributed by atoms with Crippen molar-refractivity contribution in [3.05, 3.63) is 64.0 Å². The van der Waals surface area contributed by atoms with Crippen LogP contribution >= 0.6 is 22.9 Å². The number of fused-ring (bicyclic) bond motifs is 1. The first kappa shape index (κ1) is 15.2. The summed E-state index contributed by atoms with van der Waals surface area (Å²) in [5.74, 6) is 0.710. The Morgan fingerprint density at radius 1 is 1.21 bits per heavy atom. The van der Waals surface area contributed by atoms with Gasteiger partial charge in [-0.15, -0.1) is 11.3 Å². The monoisotopic (exact) mass is 355 g/mol. The molecule has 0 fully saturated rings. The first-order valence-electron chi connectivity index (χ1n) is 7.59. The van der Waals surface area contributed by atoms with Crippen molar-refractivity contribution in [1.82, 2.24) is 5.32 Å². The van der Waals surface area contributed by atoms with Gasteiger partial charge in [0.1, 0.15) is 10.7 Å². The van der Waals surface area contributed by atoms with Crippen LogP contribution in [0, 0.1) is 0 Å². The predicted octanol–water partition coefficient (Wildman–Crippen LogP) is 4.16. The van der Waals surface area contributed by atoms with Gasteiger partial charge in [-0.05, 0) is 18.2 Å². The number of carbonyl (C=O) groups is 1. The topological polar surface area (TPSA) is 53.5 Å². The van der Waals surface area contributed by atoms with Gasteiger partial charge in [-0.2, -0.15) is 0 Å². The second kappa shape index (κ2) is 6.26. The van der Waals surface area contributed by atoms with Crippen LogP contribution in [0.4, 0.5) is 5.69 Å². The van der Waals surface area contributed by atoms with Crippen LogP contribution in [0.15, 0.2) is 53.5 Å². The fourth-order valence-electron chi connectivity index (χ4n) is 2.66. The lowest BCUT2D eigenvalue weighted by Gasteiger charge is -2.03. The van der Waals surface area contributed by atoms with Crippen molar-refractivity contribution < 1.29 is 4.79 Å². The van der Waals surface area contributed by atoms with Gasteiger partial charge < -0.3 is 10.6 Å². The molecule has 0 spiro atoms. The minimum atomic E-state index is -0.190. The van der Waals surface area contributed by atoms with E-state index in [0.29, 0.717) is 9.90 Å². The molecule has 4 nitrogen and oxygen atoms in total. The third-order valence-corrected chi connectivity index (χ3v) is 5.47. The lowest BCUT2D eigenvalue weighted by atomic mass is 10.1. The van der Waals surface area contributed by atoms with Gasteiger partial charge in [0, 0.05) is 27.9 Å². The average Bonchev–Trinajstić information content (AvgIpc) is 3.24. The molecule has 1 amide bonds. The van der Waals surface area contributed by atoms with Gasteiger partial charge in [-0.3, -0.25) is 9.79 Å². The summed E-state index contributed by atoms with van der Waals surface area (Å²) in [5.41, 5.74) is 1.77. The molecule has 2 aromatic carbocycles. The molecule has 0 bridgehead atoms. The molecule has 0 radical (unpaired) electrons. The van der Waals surface area contributed by atoms with E-state index in [9.17, 15) is 4.79 Å². The number of para-hydroxylation sites is 1. The number of anilines is 1. The van der Waals surface area contributed by atoms with E-state index in [-0.39, 0.29) is 5.91 Å². The Morgan fingerprint density at radius 3 is 2.79 bits per heavy atom. The minimum Gasteiger partial charge on any atom is -0.368 e. The van der Waals surface area contributed by atoms with Crippen LogP contribution in [0.1, 0.15) is 15.2 Å². The molecule has 0 saturated heterocycles. The highest BCUT2D eigenvalue weighted by molar-refractivity contribution is 7.21. The van der Waals surface area contributed by atoms with Crippen LogP contribution < -0.4 is 10.6 Å². The molecular weight excluding hydrogens is 342 g/mol. The predicted molar refractivity (Wildman–Crippen MR) is 101 cm³/mol. The summed E-state index contributed by atoms with van der Waals surface area (Å²) < 4.78 is 0.979. The lowest BCUT2D eigenvalue weighted by molar-refractivity contribution is 0.103. The number of halogens is 1. The molecule has 0 saturated carbocycles. The van der Waals surface area contributed by atoms with E-state index in [1.807, 2.05) is 48.5 Å². The van der Waals surface area contributed by atoms with Gasteiger partial charge in [0.25, 0.3) is 5.91 Å². The summed E-state index contributed by atoms with van der Waals surface area (Å²) in [7, 11) is 0. The number of nitrogens with zero attached hydrogens (tertiary/aromatic N) is 1. The fraction of sp³-hybridized carbons (Fsp3) is 0.111. The van der Waals surface area contributed by atoms with E-state index >= 15 is 0 Å². The van der Waals surface area contributed by atoms with Crippen molar-refractivity contribution in [3.8, 4) is 0 Å². The number of thiophene rings is 1. The number of hydrogen-bond donors (Lipinski definition) is 2. The number of rotatable bonds is 3. The maximum absolute atomic E-state index is 12.5. The number of carbonyl (C=O) groups excluding carboxylic acids is 1. The first-order chi connectivity index (χ1) is 11.7.